The molecule has 0 radical (unpaired) electrons. The zero-order chi connectivity index (χ0) is 18.8. The first kappa shape index (κ1) is 18.5. The maximum atomic E-state index is 12.6. The number of hydrogen-bond acceptors (Lipinski definition) is 7. The van der Waals surface area contributed by atoms with Crippen molar-refractivity contribution >= 4 is 29.0 Å². The first-order chi connectivity index (χ1) is 11.6. The summed E-state index contributed by atoms with van der Waals surface area (Å²) in [6, 6.07) is 5.47. The molecule has 0 saturated heterocycles. The number of nitrogens with zero attached hydrogens (tertiary/aromatic N) is 4. The Bertz CT molecular complexity index is 810. The Morgan fingerprint density at radius 2 is 2.04 bits per heavy atom. The third-order valence-corrected chi connectivity index (χ3v) is 3.98. The molecule has 0 unspecified atom stereocenters. The van der Waals surface area contributed by atoms with Crippen LogP contribution in [-0.4, -0.2) is 31.0 Å². The van der Waals surface area contributed by atoms with Gasteiger partial charge in [-0.1, -0.05) is 23.9 Å². The van der Waals surface area contributed by atoms with Crippen LogP contribution in [-0.2, 0) is 11.0 Å². The molecule has 0 aliphatic rings. The molecule has 13 heteroatoms. The summed E-state index contributed by atoms with van der Waals surface area (Å²) in [7, 11) is 0. The Labute approximate surface area is 142 Å². The average Bonchev–Trinajstić information content (AvgIpc) is 2.88. The lowest BCUT2D eigenvalue weighted by Crippen LogP contribution is -2.25. The Hall–Kier alpha value is -2.83. The number of nitro groups is 1. The summed E-state index contributed by atoms with van der Waals surface area (Å²) in [5, 5.41) is 18.2. The number of anilines is 1. The van der Waals surface area contributed by atoms with Crippen LogP contribution in [0.25, 0.3) is 0 Å². The van der Waals surface area contributed by atoms with E-state index < -0.39 is 28.1 Å². The smallest absolute Gasteiger partial charge is 0.335 e. The van der Waals surface area contributed by atoms with Crippen molar-refractivity contribution in [2.24, 2.45) is 0 Å². The molecular formula is C12H11F3N6O3S. The number of carbonyl (C=O) groups is 1. The molecule has 25 heavy (non-hydrogen) atoms. The number of halogens is 3. The van der Waals surface area contributed by atoms with Gasteiger partial charge in [0.25, 0.3) is 11.5 Å². The summed E-state index contributed by atoms with van der Waals surface area (Å²) in [6.07, 6.45) is -4.78. The van der Waals surface area contributed by atoms with Crippen molar-refractivity contribution in [2.45, 2.75) is 23.5 Å². The number of nitro benzene ring substituents is 1. The second-order valence-corrected chi connectivity index (χ2v) is 6.01. The quantitative estimate of drug-likeness (QED) is 0.353. The number of thioether (sulfide) groups is 1. The van der Waals surface area contributed by atoms with Crippen LogP contribution in [0.15, 0.2) is 29.4 Å². The Balaban J connectivity index is 2.12. The fourth-order valence-electron chi connectivity index (χ4n) is 1.74. The molecule has 0 spiro atoms. The van der Waals surface area contributed by atoms with E-state index in [4.69, 9.17) is 5.84 Å². The van der Waals surface area contributed by atoms with Crippen molar-refractivity contribution in [3.63, 3.8) is 0 Å². The topological polar surface area (TPSA) is 129 Å². The summed E-state index contributed by atoms with van der Waals surface area (Å²) in [5.74, 6) is 3.21. The van der Waals surface area contributed by atoms with Gasteiger partial charge in [0, 0.05) is 6.07 Å². The molecule has 2 rings (SSSR count). The van der Waals surface area contributed by atoms with Gasteiger partial charge in [-0.3, -0.25) is 14.9 Å². The van der Waals surface area contributed by atoms with Crippen LogP contribution >= 0.6 is 11.8 Å². The van der Waals surface area contributed by atoms with E-state index in [1.54, 1.807) is 0 Å². The van der Waals surface area contributed by atoms with E-state index in [2.05, 4.69) is 15.5 Å². The lowest BCUT2D eigenvalue weighted by atomic mass is 10.2. The van der Waals surface area contributed by atoms with E-state index in [-0.39, 0.29) is 21.2 Å². The van der Waals surface area contributed by atoms with Gasteiger partial charge >= 0.3 is 6.18 Å². The van der Waals surface area contributed by atoms with Crippen molar-refractivity contribution in [3.05, 3.63) is 40.2 Å². The number of rotatable bonds is 5. The minimum atomic E-state index is -4.78. The van der Waals surface area contributed by atoms with Gasteiger partial charge in [-0.15, -0.1) is 10.2 Å². The monoisotopic (exact) mass is 376 g/mol. The molecule has 0 fully saturated rings. The molecule has 1 atom stereocenters. The Morgan fingerprint density at radius 1 is 1.40 bits per heavy atom. The molecule has 1 aromatic heterocycles. The lowest BCUT2D eigenvalue weighted by molar-refractivity contribution is -0.383. The van der Waals surface area contributed by atoms with Crippen LogP contribution < -0.4 is 11.2 Å². The molecule has 0 aliphatic heterocycles. The van der Waals surface area contributed by atoms with E-state index in [1.165, 1.54) is 31.2 Å². The standard InChI is InChI=1S/C12H11F3N6O3S/c1-6(25-11-19-18-10(20(11)16)12(13,14)15)9(22)17-7-4-2-3-5-8(7)21(23)24/h2-6H,16H2,1H3,(H,17,22)/t6-/m0/s1. The van der Waals surface area contributed by atoms with Crippen molar-refractivity contribution in [3.8, 4) is 0 Å². The number of amides is 1. The number of nitrogens with one attached hydrogen (secondary N) is 1. The maximum absolute atomic E-state index is 12.6. The van der Waals surface area contributed by atoms with Gasteiger partial charge in [-0.05, 0) is 13.0 Å². The normalized spacial score (nSPS) is 12.6. The van der Waals surface area contributed by atoms with E-state index in [0.29, 0.717) is 11.8 Å². The predicted octanol–water partition coefficient (Wildman–Crippen LogP) is 2.04. The summed E-state index contributed by atoms with van der Waals surface area (Å²) >= 11 is 0.631. The SMILES string of the molecule is C[C@H](Sc1nnc(C(F)(F)F)n1N)C(=O)Nc1ccccc1[N+](=O)[O-]. The minimum absolute atomic E-state index is 0.0323. The van der Waals surface area contributed by atoms with Crippen LogP contribution in [0.2, 0.25) is 0 Å². The van der Waals surface area contributed by atoms with Crippen molar-refractivity contribution < 1.29 is 22.9 Å². The summed E-state index contributed by atoms with van der Waals surface area (Å²) in [5.41, 5.74) is -0.343. The molecule has 0 bridgehead atoms. The van der Waals surface area contributed by atoms with Gasteiger partial charge < -0.3 is 11.2 Å². The lowest BCUT2D eigenvalue weighted by Gasteiger charge is -2.12. The number of nitrogens with two attached hydrogens (primary N) is 1. The fraction of sp³-hybridized carbons (Fsp3) is 0.250. The van der Waals surface area contributed by atoms with Crippen LogP contribution in [0.1, 0.15) is 12.7 Å². The molecule has 3 N–H and O–H groups in total. The van der Waals surface area contributed by atoms with Crippen LogP contribution in [0.3, 0.4) is 0 Å². The molecule has 1 heterocycles. The molecule has 0 saturated carbocycles. The van der Waals surface area contributed by atoms with E-state index in [9.17, 15) is 28.1 Å². The zero-order valence-corrected chi connectivity index (χ0v) is 13.3. The highest BCUT2D eigenvalue weighted by atomic mass is 32.2. The summed E-state index contributed by atoms with van der Waals surface area (Å²) < 4.78 is 38.1. The van der Waals surface area contributed by atoms with Gasteiger partial charge in [0.15, 0.2) is 0 Å². The molecule has 1 aromatic carbocycles. The second-order valence-electron chi connectivity index (χ2n) is 4.70. The van der Waals surface area contributed by atoms with Crippen LogP contribution in [0, 0.1) is 10.1 Å². The predicted molar refractivity (Wildman–Crippen MR) is 82.2 cm³/mol. The average molecular weight is 376 g/mol. The van der Waals surface area contributed by atoms with Crippen molar-refractivity contribution in [1.82, 2.24) is 14.9 Å². The van der Waals surface area contributed by atoms with Gasteiger partial charge in [-0.25, -0.2) is 4.68 Å². The number of aromatic nitrogens is 3. The summed E-state index contributed by atoms with van der Waals surface area (Å²) in [6.45, 7) is 1.39. The second kappa shape index (κ2) is 6.96. The van der Waals surface area contributed by atoms with Gasteiger partial charge in [0.05, 0.1) is 10.2 Å². The molecule has 0 aliphatic carbocycles. The molecule has 2 aromatic rings. The number of para-hydroxylation sites is 2. The summed E-state index contributed by atoms with van der Waals surface area (Å²) in [4.78, 5) is 22.4. The first-order valence-electron chi connectivity index (χ1n) is 6.60. The van der Waals surface area contributed by atoms with Crippen molar-refractivity contribution in [2.75, 3.05) is 11.2 Å². The van der Waals surface area contributed by atoms with Crippen LogP contribution in [0.5, 0.6) is 0 Å². The minimum Gasteiger partial charge on any atom is -0.335 e. The molecule has 1 amide bonds. The third-order valence-electron chi connectivity index (χ3n) is 2.93. The number of hydrogen-bond donors (Lipinski definition) is 2. The number of nitrogen functional groups attached to an aromatic ring is 1. The Kier molecular flexibility index (Phi) is 5.15. The van der Waals surface area contributed by atoms with Gasteiger partial charge in [0.1, 0.15) is 5.69 Å². The Morgan fingerprint density at radius 3 is 2.60 bits per heavy atom. The number of carbonyl (C=O) groups excluding carboxylic acids is 1. The largest absolute Gasteiger partial charge is 0.453 e. The number of alkyl halides is 3. The molecule has 134 valence electrons. The number of benzene rings is 1. The van der Waals surface area contributed by atoms with Gasteiger partial charge in [0.2, 0.25) is 11.1 Å². The highest BCUT2D eigenvalue weighted by Crippen LogP contribution is 2.30. The van der Waals surface area contributed by atoms with E-state index in [1.807, 2.05) is 0 Å². The molecular weight excluding hydrogens is 365 g/mol. The first-order valence-corrected chi connectivity index (χ1v) is 7.48. The third kappa shape index (κ3) is 4.17. The fourth-order valence-corrected chi connectivity index (χ4v) is 2.51. The van der Waals surface area contributed by atoms with E-state index in [0.717, 1.165) is 0 Å². The highest BCUT2D eigenvalue weighted by Gasteiger charge is 2.38. The molecule has 9 nitrogen and oxygen atoms in total. The van der Waals surface area contributed by atoms with Crippen LogP contribution in [0.4, 0.5) is 24.5 Å². The highest BCUT2D eigenvalue weighted by molar-refractivity contribution is 8.00. The van der Waals surface area contributed by atoms with Crippen molar-refractivity contribution in [1.29, 1.82) is 0 Å². The van der Waals surface area contributed by atoms with Gasteiger partial charge in [-0.2, -0.15) is 13.2 Å². The van der Waals surface area contributed by atoms with E-state index >= 15 is 0 Å². The zero-order valence-electron chi connectivity index (χ0n) is 12.5. The maximum Gasteiger partial charge on any atom is 0.453 e.